The summed E-state index contributed by atoms with van der Waals surface area (Å²) in [4.78, 5) is 4.96. The first-order valence-electron chi connectivity index (χ1n) is 26.3. The van der Waals surface area contributed by atoms with Crippen LogP contribution in [0.25, 0.3) is 33.4 Å². The minimum Gasteiger partial charge on any atom is -0.310 e. The lowest BCUT2D eigenvalue weighted by Gasteiger charge is -2.46. The van der Waals surface area contributed by atoms with Gasteiger partial charge >= 0.3 is 0 Å². The van der Waals surface area contributed by atoms with Crippen molar-refractivity contribution in [3.63, 3.8) is 0 Å². The van der Waals surface area contributed by atoms with Gasteiger partial charge in [-0.2, -0.15) is 0 Å². The van der Waals surface area contributed by atoms with Gasteiger partial charge in [-0.25, -0.2) is 0 Å². The normalized spacial score (nSPS) is 13.4. The first-order chi connectivity index (χ1) is 37.7. The highest BCUT2D eigenvalue weighted by Crippen LogP contribution is 2.60. The third-order valence-corrected chi connectivity index (χ3v) is 16.0. The topological polar surface area (TPSA) is 6.48 Å². The Balaban J connectivity index is 1.02. The molecule has 0 amide bonds. The van der Waals surface area contributed by atoms with Crippen molar-refractivity contribution in [2.45, 2.75) is 10.8 Å². The molecule has 14 rings (SSSR count). The molecular formula is C74H52N2. The average Bonchev–Trinajstić information content (AvgIpc) is 3.82. The van der Waals surface area contributed by atoms with Gasteiger partial charge in [0.25, 0.3) is 0 Å². The molecule has 12 aromatic rings. The van der Waals surface area contributed by atoms with Crippen molar-refractivity contribution < 1.29 is 0 Å². The fourth-order valence-corrected chi connectivity index (χ4v) is 12.8. The number of para-hydroxylation sites is 3. The minimum atomic E-state index is -0.615. The second kappa shape index (κ2) is 18.6. The quantitative estimate of drug-likeness (QED) is 0.135. The lowest BCUT2D eigenvalue weighted by molar-refractivity contribution is 0.731. The van der Waals surface area contributed by atoms with Gasteiger partial charge in [-0.1, -0.05) is 261 Å². The number of rotatable bonds is 10. The van der Waals surface area contributed by atoms with Crippen molar-refractivity contribution in [2.75, 3.05) is 9.80 Å². The van der Waals surface area contributed by atoms with E-state index >= 15 is 0 Å². The summed E-state index contributed by atoms with van der Waals surface area (Å²) in [6, 6.07) is 116. The number of hydrogen-bond acceptors (Lipinski definition) is 2. The summed E-state index contributed by atoms with van der Waals surface area (Å²) in [5, 5.41) is 0. The Morgan fingerprint density at radius 3 is 1.28 bits per heavy atom. The van der Waals surface area contributed by atoms with Crippen LogP contribution in [-0.4, -0.2) is 0 Å². The van der Waals surface area contributed by atoms with Crippen molar-refractivity contribution >= 4 is 34.1 Å². The van der Waals surface area contributed by atoms with Crippen LogP contribution in [0.15, 0.2) is 315 Å². The Kier molecular flexibility index (Phi) is 11.0. The largest absolute Gasteiger partial charge is 0.310 e. The van der Waals surface area contributed by atoms with E-state index in [0.717, 1.165) is 45.3 Å². The number of hydrogen-bond donors (Lipinski definition) is 0. The van der Waals surface area contributed by atoms with Crippen LogP contribution >= 0.6 is 0 Å². The van der Waals surface area contributed by atoms with Crippen LogP contribution in [0.4, 0.5) is 34.1 Å². The third-order valence-electron chi connectivity index (χ3n) is 16.0. The summed E-state index contributed by atoms with van der Waals surface area (Å²) in [5.41, 5.74) is 22.5. The molecule has 0 N–H and O–H groups in total. The van der Waals surface area contributed by atoms with Crippen molar-refractivity contribution in [3.8, 4) is 33.4 Å². The zero-order valence-corrected chi connectivity index (χ0v) is 41.9. The van der Waals surface area contributed by atoms with Gasteiger partial charge in [0.2, 0.25) is 0 Å². The summed E-state index contributed by atoms with van der Waals surface area (Å²) in [6.45, 7) is 0. The Bertz CT molecular complexity index is 3950. The number of benzene rings is 12. The molecule has 2 aliphatic rings. The highest BCUT2D eigenvalue weighted by molar-refractivity contribution is 5.96. The molecule has 358 valence electrons. The van der Waals surface area contributed by atoms with Crippen molar-refractivity contribution in [1.82, 2.24) is 0 Å². The fraction of sp³-hybridized carbons (Fsp3) is 0.0270. The smallest absolute Gasteiger partial charge is 0.0742 e. The molecule has 76 heavy (non-hydrogen) atoms. The molecule has 0 fully saturated rings. The minimum absolute atomic E-state index is 0.563. The monoisotopic (exact) mass is 968 g/mol. The molecule has 1 aliphatic heterocycles. The van der Waals surface area contributed by atoms with Crippen LogP contribution in [0, 0.1) is 0 Å². The maximum Gasteiger partial charge on any atom is 0.0742 e. The zero-order valence-electron chi connectivity index (χ0n) is 41.9. The van der Waals surface area contributed by atoms with E-state index in [1.54, 1.807) is 0 Å². The molecule has 0 aromatic heterocycles. The van der Waals surface area contributed by atoms with E-state index in [9.17, 15) is 0 Å². The van der Waals surface area contributed by atoms with Crippen LogP contribution in [0.2, 0.25) is 0 Å². The van der Waals surface area contributed by atoms with E-state index < -0.39 is 10.8 Å². The number of fused-ring (bicyclic) bond motifs is 5. The second-order valence-electron chi connectivity index (χ2n) is 19.9. The summed E-state index contributed by atoms with van der Waals surface area (Å²) in [6.07, 6.45) is 0. The molecule has 12 aromatic carbocycles. The zero-order chi connectivity index (χ0) is 50.5. The van der Waals surface area contributed by atoms with Gasteiger partial charge in [-0.3, -0.25) is 0 Å². The summed E-state index contributed by atoms with van der Waals surface area (Å²) >= 11 is 0. The van der Waals surface area contributed by atoms with Crippen LogP contribution in [0.1, 0.15) is 44.5 Å². The highest BCUT2D eigenvalue weighted by atomic mass is 15.2. The van der Waals surface area contributed by atoms with Gasteiger partial charge in [0.15, 0.2) is 0 Å². The van der Waals surface area contributed by atoms with Crippen LogP contribution in [0.5, 0.6) is 0 Å². The molecule has 0 bridgehead atoms. The molecule has 0 unspecified atom stereocenters. The molecule has 1 heterocycles. The Hall–Kier alpha value is -9.76. The van der Waals surface area contributed by atoms with Gasteiger partial charge in [0.05, 0.1) is 27.9 Å². The molecule has 2 heteroatoms. The molecule has 0 saturated heterocycles. The maximum atomic E-state index is 2.48. The van der Waals surface area contributed by atoms with Gasteiger partial charge in [0.1, 0.15) is 0 Å². The molecule has 0 saturated carbocycles. The molecule has 2 nitrogen and oxygen atoms in total. The Labute approximate surface area is 445 Å². The van der Waals surface area contributed by atoms with Gasteiger partial charge in [-0.05, 0) is 127 Å². The van der Waals surface area contributed by atoms with Crippen molar-refractivity contribution in [3.05, 3.63) is 360 Å². The van der Waals surface area contributed by atoms with Crippen LogP contribution in [-0.2, 0) is 10.8 Å². The number of nitrogens with zero attached hydrogens (tertiary/aromatic N) is 2. The lowest BCUT2D eigenvalue weighted by Crippen LogP contribution is -2.37. The summed E-state index contributed by atoms with van der Waals surface area (Å²) in [7, 11) is 0. The molecular weight excluding hydrogens is 917 g/mol. The van der Waals surface area contributed by atoms with E-state index in [2.05, 4.69) is 325 Å². The van der Waals surface area contributed by atoms with E-state index in [1.807, 2.05) is 0 Å². The van der Waals surface area contributed by atoms with Gasteiger partial charge < -0.3 is 9.80 Å². The van der Waals surface area contributed by atoms with E-state index in [1.165, 1.54) is 66.8 Å². The number of anilines is 6. The summed E-state index contributed by atoms with van der Waals surface area (Å²) < 4.78 is 0. The molecule has 1 aliphatic carbocycles. The van der Waals surface area contributed by atoms with Crippen molar-refractivity contribution in [1.29, 1.82) is 0 Å². The predicted molar refractivity (Wildman–Crippen MR) is 316 cm³/mol. The predicted octanol–water partition coefficient (Wildman–Crippen LogP) is 19.0. The standard InChI is InChI=1S/C74H52N2/c1-7-25-53(26-8-1)54-43-46-61(47-44-54)75(62-48-49-65-64-38-19-21-39-66(64)73(69(65)52-62,56-27-9-2-10-28-56)57-29-11-3-12-30-57)70-41-23-20-37-63(70)55-45-50-68-72(51-55)76(60-35-17-6-18-36-60)71-42-24-22-40-67(71)74(68,58-31-13-4-14-32-58)59-33-15-5-16-34-59/h1-52H. The Morgan fingerprint density at radius 1 is 0.250 bits per heavy atom. The molecule has 0 radical (unpaired) electrons. The Morgan fingerprint density at radius 2 is 0.671 bits per heavy atom. The maximum absolute atomic E-state index is 2.48. The van der Waals surface area contributed by atoms with Crippen molar-refractivity contribution in [2.24, 2.45) is 0 Å². The summed E-state index contributed by atoms with van der Waals surface area (Å²) in [5.74, 6) is 0. The van der Waals surface area contributed by atoms with E-state index in [4.69, 9.17) is 0 Å². The van der Waals surface area contributed by atoms with E-state index in [0.29, 0.717) is 0 Å². The van der Waals surface area contributed by atoms with E-state index in [-0.39, 0.29) is 0 Å². The fourth-order valence-electron chi connectivity index (χ4n) is 12.8. The molecule has 0 atom stereocenters. The van der Waals surface area contributed by atoms with Gasteiger partial charge in [-0.15, -0.1) is 0 Å². The van der Waals surface area contributed by atoms with Crippen LogP contribution in [0.3, 0.4) is 0 Å². The van der Waals surface area contributed by atoms with Crippen LogP contribution < -0.4 is 9.80 Å². The first-order valence-corrected chi connectivity index (χ1v) is 26.3. The average molecular weight is 969 g/mol. The van der Waals surface area contributed by atoms with Gasteiger partial charge in [0, 0.05) is 22.6 Å². The first kappa shape index (κ1) is 44.9. The molecule has 0 spiro atoms. The SMILES string of the molecule is c1ccc(-c2ccc(N(c3ccc4c(c3)C(c3ccccc3)(c3ccccc3)c3ccccc3-4)c3ccccc3-c3ccc4c(c3)N(c3ccccc3)c3ccccc3C4(c3ccccc3)c3ccccc3)cc2)cc1. The highest BCUT2D eigenvalue weighted by Gasteiger charge is 2.48. The second-order valence-corrected chi connectivity index (χ2v) is 19.9. The third kappa shape index (κ3) is 7.02. The lowest BCUT2D eigenvalue weighted by atomic mass is 9.62.